The number of nitrogens with two attached hydrogens (primary N) is 1. The van der Waals surface area contributed by atoms with E-state index in [4.69, 9.17) is 10.5 Å². The highest BCUT2D eigenvalue weighted by molar-refractivity contribution is 5.39. The van der Waals surface area contributed by atoms with Gasteiger partial charge in [0.15, 0.2) is 0 Å². The third kappa shape index (κ3) is 2.31. The predicted molar refractivity (Wildman–Crippen MR) is 67.7 cm³/mol. The van der Waals surface area contributed by atoms with Gasteiger partial charge in [0.25, 0.3) is 0 Å². The SMILES string of the molecule is N[C@@H]1CC(c2cc(F)cc(F)c2)Oc2ccccc21. The molecule has 0 amide bonds. The number of ether oxygens (including phenoxy) is 1. The van der Waals surface area contributed by atoms with Crippen molar-refractivity contribution in [1.82, 2.24) is 0 Å². The number of hydrogen-bond acceptors (Lipinski definition) is 2. The smallest absolute Gasteiger partial charge is 0.126 e. The number of halogens is 2. The molecule has 1 heterocycles. The quantitative estimate of drug-likeness (QED) is 0.852. The molecule has 19 heavy (non-hydrogen) atoms. The largest absolute Gasteiger partial charge is 0.485 e. The lowest BCUT2D eigenvalue weighted by molar-refractivity contribution is 0.161. The Hall–Kier alpha value is -1.94. The molecule has 2 aromatic carbocycles. The van der Waals surface area contributed by atoms with Gasteiger partial charge >= 0.3 is 0 Å². The summed E-state index contributed by atoms with van der Waals surface area (Å²) in [7, 11) is 0. The van der Waals surface area contributed by atoms with Crippen LogP contribution in [0.2, 0.25) is 0 Å². The zero-order valence-electron chi connectivity index (χ0n) is 10.1. The van der Waals surface area contributed by atoms with Gasteiger partial charge in [0.2, 0.25) is 0 Å². The fourth-order valence-electron chi connectivity index (χ4n) is 2.42. The first-order chi connectivity index (χ1) is 9.13. The van der Waals surface area contributed by atoms with Crippen LogP contribution in [0.4, 0.5) is 8.78 Å². The molecule has 2 aromatic rings. The highest BCUT2D eigenvalue weighted by atomic mass is 19.1. The molecule has 3 rings (SSSR count). The van der Waals surface area contributed by atoms with Gasteiger partial charge in [-0.25, -0.2) is 8.78 Å². The third-order valence-electron chi connectivity index (χ3n) is 3.31. The summed E-state index contributed by atoms with van der Waals surface area (Å²) in [6.45, 7) is 0. The Balaban J connectivity index is 1.96. The topological polar surface area (TPSA) is 35.2 Å². The lowest BCUT2D eigenvalue weighted by atomic mass is 9.93. The standard InChI is InChI=1S/C15H13F2NO/c16-10-5-9(6-11(17)7-10)15-8-13(18)12-3-1-2-4-14(12)19-15/h1-7,13,15H,8,18H2/t13-,15?/m1/s1. The molecule has 2 N–H and O–H groups in total. The first-order valence-corrected chi connectivity index (χ1v) is 6.10. The molecule has 0 bridgehead atoms. The van der Waals surface area contributed by atoms with Crippen molar-refractivity contribution in [3.05, 3.63) is 65.2 Å². The minimum atomic E-state index is -0.606. The molecule has 0 aliphatic carbocycles. The van der Waals surface area contributed by atoms with Crippen molar-refractivity contribution in [2.45, 2.75) is 18.6 Å². The second kappa shape index (κ2) is 4.63. The van der Waals surface area contributed by atoms with Gasteiger partial charge in [-0.15, -0.1) is 0 Å². The van der Waals surface area contributed by atoms with E-state index in [0.29, 0.717) is 17.7 Å². The summed E-state index contributed by atoms with van der Waals surface area (Å²) in [5, 5.41) is 0. The molecule has 0 spiro atoms. The lowest BCUT2D eigenvalue weighted by Crippen LogP contribution is -2.24. The van der Waals surface area contributed by atoms with E-state index in [1.165, 1.54) is 12.1 Å². The van der Waals surface area contributed by atoms with E-state index in [9.17, 15) is 8.78 Å². The maximum atomic E-state index is 13.2. The summed E-state index contributed by atoms with van der Waals surface area (Å²) in [4.78, 5) is 0. The highest BCUT2D eigenvalue weighted by Crippen LogP contribution is 2.39. The summed E-state index contributed by atoms with van der Waals surface area (Å²) in [5.41, 5.74) is 7.48. The van der Waals surface area contributed by atoms with E-state index in [1.54, 1.807) is 0 Å². The van der Waals surface area contributed by atoms with Crippen LogP contribution in [0.3, 0.4) is 0 Å². The Morgan fingerprint density at radius 2 is 1.74 bits per heavy atom. The van der Waals surface area contributed by atoms with Gasteiger partial charge in [0.05, 0.1) is 0 Å². The maximum Gasteiger partial charge on any atom is 0.126 e. The number of benzene rings is 2. The van der Waals surface area contributed by atoms with E-state index in [-0.39, 0.29) is 6.04 Å². The predicted octanol–water partition coefficient (Wildman–Crippen LogP) is 3.49. The van der Waals surface area contributed by atoms with E-state index < -0.39 is 17.7 Å². The Bertz CT molecular complexity index is 595. The molecule has 0 radical (unpaired) electrons. The molecule has 0 fully saturated rings. The first kappa shape index (κ1) is 12.1. The fraction of sp³-hybridized carbons (Fsp3) is 0.200. The van der Waals surface area contributed by atoms with E-state index in [1.807, 2.05) is 24.3 Å². The summed E-state index contributed by atoms with van der Waals surface area (Å²) in [6, 6.07) is 10.7. The van der Waals surface area contributed by atoms with Gasteiger partial charge in [0.1, 0.15) is 23.5 Å². The lowest BCUT2D eigenvalue weighted by Gasteiger charge is -2.30. The van der Waals surface area contributed by atoms with Gasteiger partial charge in [-0.2, -0.15) is 0 Å². The molecule has 2 atom stereocenters. The maximum absolute atomic E-state index is 13.2. The van der Waals surface area contributed by atoms with Crippen LogP contribution in [0.5, 0.6) is 5.75 Å². The zero-order chi connectivity index (χ0) is 13.4. The van der Waals surface area contributed by atoms with Crippen molar-refractivity contribution in [2.24, 2.45) is 5.73 Å². The molecule has 98 valence electrons. The van der Waals surface area contributed by atoms with Crippen molar-refractivity contribution < 1.29 is 13.5 Å². The number of hydrogen-bond donors (Lipinski definition) is 1. The normalized spacial score (nSPS) is 21.6. The molecule has 0 saturated carbocycles. The van der Waals surface area contributed by atoms with Crippen LogP contribution < -0.4 is 10.5 Å². The first-order valence-electron chi connectivity index (χ1n) is 6.10. The number of rotatable bonds is 1. The molecular weight excluding hydrogens is 248 g/mol. The van der Waals surface area contributed by atoms with Crippen LogP contribution in [0.25, 0.3) is 0 Å². The van der Waals surface area contributed by atoms with E-state index in [0.717, 1.165) is 11.6 Å². The van der Waals surface area contributed by atoms with Gasteiger partial charge in [-0.1, -0.05) is 18.2 Å². The molecule has 1 unspecified atom stereocenters. The van der Waals surface area contributed by atoms with Gasteiger partial charge in [-0.05, 0) is 23.8 Å². The van der Waals surface area contributed by atoms with Crippen LogP contribution in [0, 0.1) is 11.6 Å². The molecule has 2 nitrogen and oxygen atoms in total. The van der Waals surface area contributed by atoms with E-state index >= 15 is 0 Å². The van der Waals surface area contributed by atoms with Crippen LogP contribution in [0.1, 0.15) is 29.7 Å². The Labute approximate surface area is 109 Å². The summed E-state index contributed by atoms with van der Waals surface area (Å²) < 4.78 is 32.3. The van der Waals surface area contributed by atoms with E-state index in [2.05, 4.69) is 0 Å². The summed E-state index contributed by atoms with van der Waals surface area (Å²) in [5.74, 6) is -0.534. The monoisotopic (exact) mass is 261 g/mol. The van der Waals surface area contributed by atoms with Crippen molar-refractivity contribution in [3.8, 4) is 5.75 Å². The second-order valence-corrected chi connectivity index (χ2v) is 4.69. The Kier molecular flexibility index (Phi) is 2.95. The summed E-state index contributed by atoms with van der Waals surface area (Å²) in [6.07, 6.45) is 0.0787. The minimum absolute atomic E-state index is 0.193. The Morgan fingerprint density at radius 1 is 1.05 bits per heavy atom. The van der Waals surface area contributed by atoms with Crippen LogP contribution in [-0.2, 0) is 0 Å². The molecule has 0 aromatic heterocycles. The van der Waals surface area contributed by atoms with Crippen LogP contribution in [0.15, 0.2) is 42.5 Å². The van der Waals surface area contributed by atoms with Gasteiger partial charge in [0, 0.05) is 24.1 Å². The average molecular weight is 261 g/mol. The molecule has 1 aliphatic rings. The average Bonchev–Trinajstić information content (AvgIpc) is 2.37. The van der Waals surface area contributed by atoms with Crippen molar-refractivity contribution in [1.29, 1.82) is 0 Å². The molecule has 1 aliphatic heterocycles. The van der Waals surface area contributed by atoms with Gasteiger partial charge < -0.3 is 10.5 Å². The second-order valence-electron chi connectivity index (χ2n) is 4.69. The van der Waals surface area contributed by atoms with Crippen molar-refractivity contribution in [2.75, 3.05) is 0 Å². The highest BCUT2D eigenvalue weighted by Gasteiger charge is 2.27. The third-order valence-corrected chi connectivity index (χ3v) is 3.31. The number of para-hydroxylation sites is 1. The Morgan fingerprint density at radius 3 is 2.47 bits per heavy atom. The fourth-order valence-corrected chi connectivity index (χ4v) is 2.42. The van der Waals surface area contributed by atoms with Gasteiger partial charge in [-0.3, -0.25) is 0 Å². The van der Waals surface area contributed by atoms with Crippen molar-refractivity contribution in [3.63, 3.8) is 0 Å². The summed E-state index contributed by atoms with van der Waals surface area (Å²) >= 11 is 0. The van der Waals surface area contributed by atoms with Crippen molar-refractivity contribution >= 4 is 0 Å². The van der Waals surface area contributed by atoms with Crippen LogP contribution in [-0.4, -0.2) is 0 Å². The molecule has 4 heteroatoms. The number of fused-ring (bicyclic) bond motifs is 1. The van der Waals surface area contributed by atoms with Crippen LogP contribution >= 0.6 is 0 Å². The molecule has 0 saturated heterocycles. The molecular formula is C15H13F2NO. The zero-order valence-corrected chi connectivity index (χ0v) is 10.1. The minimum Gasteiger partial charge on any atom is -0.485 e.